The quantitative estimate of drug-likeness (QED) is 0.240. The Kier molecular flexibility index (Phi) is 8.59. The van der Waals surface area contributed by atoms with Crippen LogP contribution in [-0.4, -0.2) is 63.9 Å². The Morgan fingerprint density at radius 1 is 1.12 bits per heavy atom. The van der Waals surface area contributed by atoms with E-state index in [0.717, 1.165) is 32.2 Å². The Hall–Kier alpha value is -1.99. The van der Waals surface area contributed by atoms with Crippen molar-refractivity contribution in [1.29, 1.82) is 0 Å². The molecule has 2 heterocycles. The number of phenols is 1. The van der Waals surface area contributed by atoms with Crippen molar-refractivity contribution < 1.29 is 12.6 Å². The zero-order valence-electron chi connectivity index (χ0n) is 19.7. The van der Waals surface area contributed by atoms with Gasteiger partial charge in [-0.25, -0.2) is 4.39 Å². The molecule has 0 radical (unpaired) electrons. The van der Waals surface area contributed by atoms with Crippen LogP contribution in [0.3, 0.4) is 0 Å². The Morgan fingerprint density at radius 2 is 1.85 bits per heavy atom. The molecule has 2 unspecified atom stereocenters. The number of halogens is 2. The highest BCUT2D eigenvalue weighted by Gasteiger charge is 2.30. The fraction of sp³-hybridized carbons (Fsp3) is 0.609. The monoisotopic (exact) mass is 585 g/mol. The van der Waals surface area contributed by atoms with Gasteiger partial charge in [-0.1, -0.05) is 25.7 Å². The molecule has 11 heteroatoms. The molecule has 9 nitrogen and oxygen atoms in total. The molecular weight excluding hydrogens is 552 g/mol. The first kappa shape index (κ1) is 25.1. The van der Waals surface area contributed by atoms with Gasteiger partial charge in [0.25, 0.3) is 0 Å². The number of benzene rings is 1. The van der Waals surface area contributed by atoms with Gasteiger partial charge in [0.1, 0.15) is 29.2 Å². The molecule has 2 atom stereocenters. The van der Waals surface area contributed by atoms with E-state index in [2.05, 4.69) is 37.4 Å². The molecule has 4 rings (SSSR count). The first-order chi connectivity index (χ1) is 16.4. The van der Waals surface area contributed by atoms with Gasteiger partial charge in [-0.2, -0.15) is 15.0 Å². The molecule has 1 aromatic carbocycles. The molecule has 2 fully saturated rings. The second-order valence-electron chi connectivity index (χ2n) is 9.22. The van der Waals surface area contributed by atoms with Gasteiger partial charge < -0.3 is 20.6 Å². The zero-order valence-corrected chi connectivity index (χ0v) is 21.8. The Labute approximate surface area is 214 Å². The maximum absolute atomic E-state index is 13.9. The zero-order chi connectivity index (χ0) is 24.1. The van der Waals surface area contributed by atoms with Crippen molar-refractivity contribution in [3.63, 3.8) is 0 Å². The first-order valence-corrected chi connectivity index (χ1v) is 12.8. The summed E-state index contributed by atoms with van der Waals surface area (Å²) in [6.45, 7) is 0.916. The van der Waals surface area contributed by atoms with Gasteiger partial charge in [0.05, 0.1) is 0 Å². The van der Waals surface area contributed by atoms with Crippen molar-refractivity contribution in [3.05, 3.63) is 24.0 Å². The summed E-state index contributed by atoms with van der Waals surface area (Å²) in [6.07, 6.45) is 8.92. The maximum atomic E-state index is 13.9. The summed E-state index contributed by atoms with van der Waals surface area (Å²) in [7, 11) is 4.06. The number of nitrogens with one attached hydrogen (secondary N) is 2. The Bertz CT molecular complexity index is 961. The summed E-state index contributed by atoms with van der Waals surface area (Å²) >= 11 is 1.96. The second kappa shape index (κ2) is 11.6. The third-order valence-corrected chi connectivity index (χ3v) is 7.35. The second-order valence-corrected chi connectivity index (χ2v) is 9.73. The summed E-state index contributed by atoms with van der Waals surface area (Å²) in [5.74, 6) is 0.290. The normalized spacial score (nSPS) is 22.2. The predicted molar refractivity (Wildman–Crippen MR) is 139 cm³/mol. The average Bonchev–Trinajstić information content (AvgIpc) is 3.10. The van der Waals surface area contributed by atoms with Crippen LogP contribution in [-0.2, 0) is 3.07 Å². The number of anilines is 4. The van der Waals surface area contributed by atoms with Crippen LogP contribution in [0.25, 0.3) is 0 Å². The van der Waals surface area contributed by atoms with Crippen LogP contribution < -0.4 is 15.5 Å². The van der Waals surface area contributed by atoms with E-state index in [4.69, 9.17) is 8.05 Å². The number of likely N-dealkylation sites (tertiary alicyclic amines) is 1. The molecule has 2 aromatic rings. The van der Waals surface area contributed by atoms with Gasteiger partial charge >= 0.3 is 0 Å². The number of hydrogen-bond donors (Lipinski definition) is 3. The molecule has 2 aliphatic rings. The van der Waals surface area contributed by atoms with Gasteiger partial charge in [-0.3, -0.25) is 7.97 Å². The highest BCUT2D eigenvalue weighted by atomic mass is 127. The smallest absolute Gasteiger partial charge is 0.233 e. The number of hydrogen-bond acceptors (Lipinski definition) is 9. The van der Waals surface area contributed by atoms with Gasteiger partial charge in [-0.05, 0) is 38.4 Å². The fourth-order valence-electron chi connectivity index (χ4n) is 4.61. The van der Waals surface area contributed by atoms with Crippen molar-refractivity contribution >= 4 is 46.5 Å². The molecule has 1 aliphatic carbocycles. The summed E-state index contributed by atoms with van der Waals surface area (Å²) in [4.78, 5) is 18.3. The van der Waals surface area contributed by atoms with Crippen LogP contribution in [0, 0.1) is 5.82 Å². The lowest BCUT2D eigenvalue weighted by Gasteiger charge is -2.39. The van der Waals surface area contributed by atoms with Crippen molar-refractivity contribution in [2.24, 2.45) is 0 Å². The van der Waals surface area contributed by atoms with Crippen molar-refractivity contribution in [2.45, 2.75) is 69.7 Å². The third-order valence-electron chi connectivity index (χ3n) is 6.76. The van der Waals surface area contributed by atoms with E-state index in [-0.39, 0.29) is 12.3 Å². The molecule has 0 amide bonds. The van der Waals surface area contributed by atoms with Crippen molar-refractivity contribution in [2.75, 3.05) is 36.2 Å². The van der Waals surface area contributed by atoms with E-state index in [9.17, 15) is 9.50 Å². The third kappa shape index (κ3) is 6.36. The molecule has 1 aliphatic heterocycles. The number of piperidine rings is 1. The number of nitrogens with zero attached hydrogens (tertiary/aromatic N) is 5. The Balaban J connectivity index is 1.59. The number of aromatic hydroxyl groups is 1. The minimum absolute atomic E-state index is 0.0322. The van der Waals surface area contributed by atoms with E-state index in [1.807, 2.05) is 30.1 Å². The summed E-state index contributed by atoms with van der Waals surface area (Å²) < 4.78 is 19.5. The fourth-order valence-corrected chi connectivity index (χ4v) is 5.21. The maximum Gasteiger partial charge on any atom is 0.233 e. The van der Waals surface area contributed by atoms with Gasteiger partial charge in [0, 0.05) is 43.9 Å². The molecule has 0 spiro atoms. The van der Waals surface area contributed by atoms with E-state index in [0.29, 0.717) is 29.6 Å². The standard InChI is InChI=1S/C23H33FIN7O2/c1-31-12-11-17(14-20(31)34-25)32(2)23-29-21(26-15-7-5-3-4-6-8-15)28-22(30-23)27-16-9-10-19(33)18(24)13-16/h9-10,13,15,17,20,33H,3-8,11-12,14H2,1-2H3,(H2,26,27,28,29,30). The first-order valence-electron chi connectivity index (χ1n) is 11.9. The highest BCUT2D eigenvalue weighted by Crippen LogP contribution is 2.28. The molecule has 34 heavy (non-hydrogen) atoms. The molecule has 186 valence electrons. The van der Waals surface area contributed by atoms with E-state index in [1.165, 1.54) is 37.8 Å². The molecule has 1 saturated heterocycles. The number of aromatic nitrogens is 3. The topological polar surface area (TPSA) is 98.7 Å². The van der Waals surface area contributed by atoms with E-state index < -0.39 is 11.6 Å². The average molecular weight is 585 g/mol. The minimum Gasteiger partial charge on any atom is -0.505 e. The number of rotatable bonds is 7. The summed E-state index contributed by atoms with van der Waals surface area (Å²) in [5, 5.41) is 16.1. The Morgan fingerprint density at radius 3 is 2.56 bits per heavy atom. The number of phenolic OH excluding ortho intramolecular Hbond substituents is 1. The van der Waals surface area contributed by atoms with Crippen molar-refractivity contribution in [1.82, 2.24) is 19.9 Å². The SMILES string of the molecule is CN1CCC(N(C)c2nc(Nc3ccc(O)c(F)c3)nc(NC3CCCCCC3)n2)CC1OI. The van der Waals surface area contributed by atoms with Crippen LogP contribution in [0.15, 0.2) is 18.2 Å². The van der Waals surface area contributed by atoms with E-state index >= 15 is 0 Å². The van der Waals surface area contributed by atoms with Crippen molar-refractivity contribution in [3.8, 4) is 5.75 Å². The van der Waals surface area contributed by atoms with Crippen LogP contribution in [0.5, 0.6) is 5.75 Å². The predicted octanol–water partition coefficient (Wildman–Crippen LogP) is 4.82. The summed E-state index contributed by atoms with van der Waals surface area (Å²) in [6, 6.07) is 4.65. The molecule has 0 bridgehead atoms. The lowest BCUT2D eigenvalue weighted by atomic mass is 10.0. The van der Waals surface area contributed by atoms with Crippen LogP contribution in [0.1, 0.15) is 51.4 Å². The van der Waals surface area contributed by atoms with E-state index in [1.54, 1.807) is 6.07 Å². The molecular formula is C23H33FIN7O2. The lowest BCUT2D eigenvalue weighted by Crippen LogP contribution is -2.48. The van der Waals surface area contributed by atoms with Gasteiger partial charge in [-0.15, -0.1) is 0 Å². The largest absolute Gasteiger partial charge is 0.505 e. The van der Waals surface area contributed by atoms with Crippen LogP contribution >= 0.6 is 23.0 Å². The molecule has 1 aromatic heterocycles. The molecule has 1 saturated carbocycles. The molecule has 3 N–H and O–H groups in total. The van der Waals surface area contributed by atoms with Crippen LogP contribution in [0.2, 0.25) is 0 Å². The lowest BCUT2D eigenvalue weighted by molar-refractivity contribution is 0.0399. The van der Waals surface area contributed by atoms with Gasteiger partial charge in [0.15, 0.2) is 11.6 Å². The van der Waals surface area contributed by atoms with Crippen LogP contribution in [0.4, 0.5) is 27.9 Å². The summed E-state index contributed by atoms with van der Waals surface area (Å²) in [5.41, 5.74) is 0.452. The minimum atomic E-state index is -0.704. The highest BCUT2D eigenvalue weighted by molar-refractivity contribution is 14.1. The van der Waals surface area contributed by atoms with Gasteiger partial charge in [0.2, 0.25) is 17.8 Å².